The first-order chi connectivity index (χ1) is 6.46. The summed E-state index contributed by atoms with van der Waals surface area (Å²) in [5.74, 6) is 0. The predicted molar refractivity (Wildman–Crippen MR) is 62.3 cm³/mol. The lowest BCUT2D eigenvalue weighted by Crippen LogP contribution is -2.41. The highest BCUT2D eigenvalue weighted by molar-refractivity contribution is 5.29. The Labute approximate surface area is 86.6 Å². The van der Waals surface area contributed by atoms with Crippen molar-refractivity contribution in [1.82, 2.24) is 0 Å². The van der Waals surface area contributed by atoms with Crippen LogP contribution >= 0.6 is 0 Å². The maximum atomic E-state index is 6.13. The number of nitrogens with two attached hydrogens (primary N) is 1. The third kappa shape index (κ3) is 2.05. The molecule has 0 aliphatic rings. The molecule has 0 heterocycles. The third-order valence-corrected chi connectivity index (χ3v) is 2.83. The van der Waals surface area contributed by atoms with Gasteiger partial charge in [0.25, 0.3) is 0 Å². The van der Waals surface area contributed by atoms with Gasteiger partial charge in [-0.05, 0) is 12.5 Å². The molecule has 0 aromatic heterocycles. The Morgan fingerprint density at radius 3 is 2.21 bits per heavy atom. The molecule has 1 atom stereocenters. The first kappa shape index (κ1) is 11.0. The first-order valence-electron chi connectivity index (χ1n) is 4.92. The average molecular weight is 189 g/mol. The van der Waals surface area contributed by atoms with E-state index in [4.69, 9.17) is 5.73 Å². The lowest BCUT2D eigenvalue weighted by Gasteiger charge is -2.32. The van der Waals surface area contributed by atoms with Crippen LogP contribution in [-0.2, 0) is 5.41 Å². The summed E-state index contributed by atoms with van der Waals surface area (Å²) in [7, 11) is 0. The van der Waals surface area contributed by atoms with Crippen molar-refractivity contribution < 1.29 is 0 Å². The fraction of sp³-hybridized carbons (Fsp3) is 0.385. The van der Waals surface area contributed by atoms with Crippen molar-refractivity contribution in [2.75, 3.05) is 0 Å². The second-order valence-electron chi connectivity index (χ2n) is 4.41. The summed E-state index contributed by atoms with van der Waals surface area (Å²) < 4.78 is 0. The molecular formula is C13H19N. The molecule has 0 radical (unpaired) electrons. The van der Waals surface area contributed by atoms with Gasteiger partial charge in [-0.1, -0.05) is 56.3 Å². The average Bonchev–Trinajstić information content (AvgIpc) is 2.18. The fourth-order valence-electron chi connectivity index (χ4n) is 1.66. The van der Waals surface area contributed by atoms with Crippen molar-refractivity contribution in [3.63, 3.8) is 0 Å². The monoisotopic (exact) mass is 189 g/mol. The van der Waals surface area contributed by atoms with Crippen molar-refractivity contribution in [1.29, 1.82) is 0 Å². The van der Waals surface area contributed by atoms with Crippen molar-refractivity contribution in [3.8, 4) is 0 Å². The van der Waals surface area contributed by atoms with Crippen LogP contribution in [0.4, 0.5) is 0 Å². The molecule has 1 heteroatoms. The normalized spacial score (nSPS) is 13.7. The fourth-order valence-corrected chi connectivity index (χ4v) is 1.66. The van der Waals surface area contributed by atoms with Crippen LogP contribution in [0.15, 0.2) is 42.5 Å². The molecule has 14 heavy (non-hydrogen) atoms. The van der Waals surface area contributed by atoms with E-state index in [2.05, 4.69) is 32.6 Å². The zero-order valence-corrected chi connectivity index (χ0v) is 9.25. The van der Waals surface area contributed by atoms with Crippen molar-refractivity contribution >= 4 is 0 Å². The Hall–Kier alpha value is -1.08. The quantitative estimate of drug-likeness (QED) is 0.727. The molecule has 0 saturated heterocycles. The summed E-state index contributed by atoms with van der Waals surface area (Å²) in [5, 5.41) is 0. The molecule has 0 saturated carbocycles. The summed E-state index contributed by atoms with van der Waals surface area (Å²) >= 11 is 0. The van der Waals surface area contributed by atoms with Gasteiger partial charge >= 0.3 is 0 Å². The maximum Gasteiger partial charge on any atom is 0.0341 e. The second kappa shape index (κ2) is 3.97. The molecule has 0 bridgehead atoms. The standard InChI is InChI=1S/C13H19N/c1-10(2)12(14)13(3,4)11-8-6-5-7-9-11/h5-9,12H,1,14H2,2-4H3. The SMILES string of the molecule is C=C(C)C(N)C(C)(C)c1ccccc1. The van der Waals surface area contributed by atoms with Gasteiger partial charge in [0.15, 0.2) is 0 Å². The number of benzene rings is 1. The van der Waals surface area contributed by atoms with Gasteiger partial charge in [-0.3, -0.25) is 0 Å². The Morgan fingerprint density at radius 2 is 1.79 bits per heavy atom. The molecule has 1 aromatic rings. The van der Waals surface area contributed by atoms with Crippen LogP contribution in [0.3, 0.4) is 0 Å². The molecule has 0 spiro atoms. The Bertz CT molecular complexity index is 311. The lowest BCUT2D eigenvalue weighted by molar-refractivity contribution is 0.451. The number of hydrogen-bond acceptors (Lipinski definition) is 1. The lowest BCUT2D eigenvalue weighted by atomic mass is 9.76. The highest BCUT2D eigenvalue weighted by Crippen LogP contribution is 2.28. The van der Waals surface area contributed by atoms with Crippen LogP contribution in [0, 0.1) is 0 Å². The van der Waals surface area contributed by atoms with Gasteiger partial charge < -0.3 is 5.73 Å². The van der Waals surface area contributed by atoms with Crippen LogP contribution in [0.2, 0.25) is 0 Å². The highest BCUT2D eigenvalue weighted by Gasteiger charge is 2.28. The summed E-state index contributed by atoms with van der Waals surface area (Å²) in [6, 6.07) is 10.3. The highest BCUT2D eigenvalue weighted by atomic mass is 14.7. The molecular weight excluding hydrogens is 170 g/mol. The summed E-state index contributed by atoms with van der Waals surface area (Å²) in [6.07, 6.45) is 0. The predicted octanol–water partition coefficient (Wildman–Crippen LogP) is 2.87. The molecule has 76 valence electrons. The molecule has 2 N–H and O–H groups in total. The molecule has 0 amide bonds. The van der Waals surface area contributed by atoms with E-state index in [1.54, 1.807) is 0 Å². The minimum atomic E-state index is -0.0485. The van der Waals surface area contributed by atoms with E-state index in [-0.39, 0.29) is 11.5 Å². The van der Waals surface area contributed by atoms with Gasteiger partial charge in [-0.2, -0.15) is 0 Å². The van der Waals surface area contributed by atoms with Crippen LogP contribution < -0.4 is 5.73 Å². The first-order valence-corrected chi connectivity index (χ1v) is 4.92. The van der Waals surface area contributed by atoms with E-state index < -0.39 is 0 Å². The second-order valence-corrected chi connectivity index (χ2v) is 4.41. The third-order valence-electron chi connectivity index (χ3n) is 2.83. The molecule has 0 fully saturated rings. The Morgan fingerprint density at radius 1 is 1.29 bits per heavy atom. The van der Waals surface area contributed by atoms with Crippen molar-refractivity contribution in [2.45, 2.75) is 32.2 Å². The van der Waals surface area contributed by atoms with Gasteiger partial charge in [0.2, 0.25) is 0 Å². The van der Waals surface area contributed by atoms with E-state index in [1.165, 1.54) is 5.56 Å². The Kier molecular flexibility index (Phi) is 3.12. The number of rotatable bonds is 3. The molecule has 1 aromatic carbocycles. The van der Waals surface area contributed by atoms with Crippen molar-refractivity contribution in [2.24, 2.45) is 5.73 Å². The Balaban J connectivity index is 3.02. The molecule has 0 aliphatic carbocycles. The zero-order chi connectivity index (χ0) is 10.8. The molecule has 1 unspecified atom stereocenters. The van der Waals surface area contributed by atoms with Crippen molar-refractivity contribution in [3.05, 3.63) is 48.0 Å². The van der Waals surface area contributed by atoms with Crippen LogP contribution in [0.25, 0.3) is 0 Å². The summed E-state index contributed by atoms with van der Waals surface area (Å²) in [4.78, 5) is 0. The zero-order valence-electron chi connectivity index (χ0n) is 9.25. The summed E-state index contributed by atoms with van der Waals surface area (Å²) in [5.41, 5.74) is 8.36. The smallest absolute Gasteiger partial charge is 0.0341 e. The van der Waals surface area contributed by atoms with Crippen LogP contribution in [-0.4, -0.2) is 6.04 Å². The van der Waals surface area contributed by atoms with Gasteiger partial charge in [0.05, 0.1) is 0 Å². The van der Waals surface area contributed by atoms with E-state index in [1.807, 2.05) is 25.1 Å². The van der Waals surface area contributed by atoms with E-state index in [0.717, 1.165) is 5.57 Å². The topological polar surface area (TPSA) is 26.0 Å². The van der Waals surface area contributed by atoms with Gasteiger partial charge in [-0.15, -0.1) is 0 Å². The number of hydrogen-bond donors (Lipinski definition) is 1. The van der Waals surface area contributed by atoms with Gasteiger partial charge in [0, 0.05) is 11.5 Å². The van der Waals surface area contributed by atoms with Crippen LogP contribution in [0.1, 0.15) is 26.3 Å². The van der Waals surface area contributed by atoms with Crippen LogP contribution in [0.5, 0.6) is 0 Å². The molecule has 1 nitrogen and oxygen atoms in total. The minimum absolute atomic E-state index is 0.00454. The summed E-state index contributed by atoms with van der Waals surface area (Å²) in [6.45, 7) is 10.2. The van der Waals surface area contributed by atoms with Gasteiger partial charge in [-0.25, -0.2) is 0 Å². The maximum absolute atomic E-state index is 6.13. The van der Waals surface area contributed by atoms with Gasteiger partial charge in [0.1, 0.15) is 0 Å². The molecule has 1 rings (SSSR count). The van der Waals surface area contributed by atoms with E-state index in [9.17, 15) is 0 Å². The molecule has 0 aliphatic heterocycles. The van der Waals surface area contributed by atoms with E-state index in [0.29, 0.717) is 0 Å². The van der Waals surface area contributed by atoms with E-state index >= 15 is 0 Å². The largest absolute Gasteiger partial charge is 0.324 e. The minimum Gasteiger partial charge on any atom is -0.324 e.